The number of phenolic OH excluding ortho intramolecular Hbond substituents is 3. The lowest BCUT2D eigenvalue weighted by Crippen LogP contribution is -2.38. The Labute approximate surface area is 160 Å². The predicted octanol–water partition coefficient (Wildman–Crippen LogP) is 0.121. The van der Waals surface area contributed by atoms with E-state index in [9.17, 15) is 39.9 Å². The van der Waals surface area contributed by atoms with Crippen LogP contribution in [0.4, 0.5) is 4.79 Å². The summed E-state index contributed by atoms with van der Waals surface area (Å²) in [6.07, 6.45) is -1.21. The molecule has 5 N–H and O–H groups in total. The van der Waals surface area contributed by atoms with Crippen molar-refractivity contribution in [3.05, 3.63) is 40.6 Å². The number of hydrogen-bond acceptors (Lipinski definition) is 10. The molecule has 1 aromatic heterocycles. The van der Waals surface area contributed by atoms with Crippen molar-refractivity contribution in [2.45, 2.75) is 0 Å². The SMILES string of the molecule is O=C([O-])CNC(=O)Oc1cc(-c2oc3cc(O)cc(O)c3c(=O)c2O)ccc1O. The van der Waals surface area contributed by atoms with Gasteiger partial charge in [0.2, 0.25) is 11.2 Å². The summed E-state index contributed by atoms with van der Waals surface area (Å²) in [7, 11) is 0. The van der Waals surface area contributed by atoms with Crippen molar-refractivity contribution < 1.29 is 44.3 Å². The molecule has 0 saturated carbocycles. The quantitative estimate of drug-likeness (QED) is 0.401. The molecule has 11 nitrogen and oxygen atoms in total. The third-order valence-electron chi connectivity index (χ3n) is 3.74. The van der Waals surface area contributed by atoms with Gasteiger partial charge in [0, 0.05) is 17.7 Å². The summed E-state index contributed by atoms with van der Waals surface area (Å²) in [4.78, 5) is 34.3. The summed E-state index contributed by atoms with van der Waals surface area (Å²) >= 11 is 0. The van der Waals surface area contributed by atoms with Gasteiger partial charge in [-0.25, -0.2) is 4.79 Å². The van der Waals surface area contributed by atoms with Gasteiger partial charge in [0.1, 0.15) is 22.5 Å². The van der Waals surface area contributed by atoms with E-state index in [1.54, 1.807) is 0 Å². The molecule has 2 aromatic carbocycles. The summed E-state index contributed by atoms with van der Waals surface area (Å²) in [5, 5.41) is 51.3. The average molecular weight is 402 g/mol. The highest BCUT2D eigenvalue weighted by atomic mass is 16.6. The lowest BCUT2D eigenvalue weighted by atomic mass is 10.1. The van der Waals surface area contributed by atoms with Crippen molar-refractivity contribution in [3.8, 4) is 40.1 Å². The van der Waals surface area contributed by atoms with E-state index in [1.165, 1.54) is 6.07 Å². The lowest BCUT2D eigenvalue weighted by Gasteiger charge is -2.11. The van der Waals surface area contributed by atoms with Gasteiger partial charge in [-0.15, -0.1) is 0 Å². The van der Waals surface area contributed by atoms with Crippen molar-refractivity contribution in [1.82, 2.24) is 5.32 Å². The minimum absolute atomic E-state index is 0.00941. The van der Waals surface area contributed by atoms with Crippen LogP contribution in [-0.4, -0.2) is 39.0 Å². The normalized spacial score (nSPS) is 10.6. The molecule has 0 fully saturated rings. The number of carbonyl (C=O) groups is 2. The minimum Gasteiger partial charge on any atom is -0.548 e. The Morgan fingerprint density at radius 3 is 2.48 bits per heavy atom. The first-order valence-electron chi connectivity index (χ1n) is 7.88. The van der Waals surface area contributed by atoms with Crippen LogP contribution in [0.3, 0.4) is 0 Å². The molecular formula is C18H12NO10-. The molecule has 0 unspecified atom stereocenters. The lowest BCUT2D eigenvalue weighted by molar-refractivity contribution is -0.303. The van der Waals surface area contributed by atoms with Gasteiger partial charge in [-0.3, -0.25) is 4.79 Å². The second-order valence-corrected chi connectivity index (χ2v) is 5.74. The summed E-state index contributed by atoms with van der Waals surface area (Å²) in [5.41, 5.74) is -1.23. The first-order chi connectivity index (χ1) is 13.7. The number of benzene rings is 2. The van der Waals surface area contributed by atoms with E-state index in [0.717, 1.165) is 24.3 Å². The van der Waals surface area contributed by atoms with Crippen LogP contribution < -0.4 is 20.6 Å². The molecule has 29 heavy (non-hydrogen) atoms. The number of carboxylic acid groups (broad SMARTS) is 1. The number of rotatable bonds is 4. The number of carboxylic acids is 1. The summed E-state index contributed by atoms with van der Waals surface area (Å²) in [5.74, 6) is -4.77. The van der Waals surface area contributed by atoms with Crippen molar-refractivity contribution in [3.63, 3.8) is 0 Å². The number of fused-ring (bicyclic) bond motifs is 1. The first-order valence-corrected chi connectivity index (χ1v) is 7.88. The Hall–Kier alpha value is -4.41. The number of aromatic hydroxyl groups is 4. The van der Waals surface area contributed by atoms with E-state index in [2.05, 4.69) is 0 Å². The second kappa shape index (κ2) is 7.31. The fourth-order valence-corrected chi connectivity index (χ4v) is 2.49. The smallest absolute Gasteiger partial charge is 0.413 e. The molecule has 3 aromatic rings. The molecule has 150 valence electrons. The molecule has 0 saturated heterocycles. The molecule has 0 aliphatic carbocycles. The molecule has 11 heteroatoms. The highest BCUT2D eigenvalue weighted by Crippen LogP contribution is 2.38. The maximum absolute atomic E-state index is 12.4. The van der Waals surface area contributed by atoms with Gasteiger partial charge in [-0.2, -0.15) is 0 Å². The molecule has 0 bridgehead atoms. The summed E-state index contributed by atoms with van der Waals surface area (Å²) in [6, 6.07) is 5.29. The van der Waals surface area contributed by atoms with E-state index in [-0.39, 0.29) is 16.5 Å². The van der Waals surface area contributed by atoms with E-state index in [0.29, 0.717) is 0 Å². The maximum atomic E-state index is 12.4. The molecule has 0 atom stereocenters. The fourth-order valence-electron chi connectivity index (χ4n) is 2.49. The van der Waals surface area contributed by atoms with E-state index in [4.69, 9.17) is 9.15 Å². The Balaban J connectivity index is 2.06. The Morgan fingerprint density at radius 1 is 1.07 bits per heavy atom. The fraction of sp³-hybridized carbons (Fsp3) is 0.0556. The zero-order valence-electron chi connectivity index (χ0n) is 14.3. The monoisotopic (exact) mass is 402 g/mol. The Kier molecular flexibility index (Phi) is 4.88. The van der Waals surface area contributed by atoms with Crippen LogP contribution in [0.1, 0.15) is 0 Å². The van der Waals surface area contributed by atoms with Gasteiger partial charge in [0.15, 0.2) is 17.3 Å². The largest absolute Gasteiger partial charge is 0.548 e. The van der Waals surface area contributed by atoms with Gasteiger partial charge in [-0.05, 0) is 18.2 Å². The molecule has 0 radical (unpaired) electrons. The molecule has 1 amide bonds. The predicted molar refractivity (Wildman–Crippen MR) is 93.6 cm³/mol. The van der Waals surface area contributed by atoms with E-state index >= 15 is 0 Å². The van der Waals surface area contributed by atoms with Crippen molar-refractivity contribution in [2.75, 3.05) is 6.54 Å². The molecule has 0 aliphatic rings. The number of phenols is 3. The number of amides is 1. The van der Waals surface area contributed by atoms with Gasteiger partial charge in [0.05, 0.1) is 12.5 Å². The third kappa shape index (κ3) is 3.83. The zero-order chi connectivity index (χ0) is 21.3. The molecular weight excluding hydrogens is 390 g/mol. The van der Waals surface area contributed by atoms with Gasteiger partial charge in [-0.1, -0.05) is 0 Å². The average Bonchev–Trinajstić information content (AvgIpc) is 2.64. The summed E-state index contributed by atoms with van der Waals surface area (Å²) < 4.78 is 10.2. The van der Waals surface area contributed by atoms with E-state index in [1.807, 2.05) is 5.32 Å². The van der Waals surface area contributed by atoms with Crippen LogP contribution in [0, 0.1) is 0 Å². The highest BCUT2D eigenvalue weighted by Gasteiger charge is 2.20. The van der Waals surface area contributed by atoms with Gasteiger partial charge >= 0.3 is 6.09 Å². The standard InChI is InChI=1S/C18H13NO10/c20-8-4-10(22)14-12(5-8)28-17(16(26)15(14)25)7-1-2-9(21)11(3-7)29-18(27)19-6-13(23)24/h1-5,20-22,26H,6H2,(H,19,27)(H,23,24)/p-1. The molecule has 1 heterocycles. The minimum atomic E-state index is -1.56. The number of carbonyl (C=O) groups excluding carboxylic acids is 2. The maximum Gasteiger partial charge on any atom is 0.413 e. The van der Waals surface area contributed by atoms with Crippen LogP contribution in [0.25, 0.3) is 22.3 Å². The van der Waals surface area contributed by atoms with Crippen LogP contribution in [0.15, 0.2) is 39.5 Å². The van der Waals surface area contributed by atoms with Crippen molar-refractivity contribution >= 4 is 23.0 Å². The second-order valence-electron chi connectivity index (χ2n) is 5.74. The first kappa shape index (κ1) is 19.4. The molecule has 0 spiro atoms. The summed E-state index contributed by atoms with van der Waals surface area (Å²) in [6.45, 7) is -0.827. The van der Waals surface area contributed by atoms with Crippen molar-refractivity contribution in [1.29, 1.82) is 0 Å². The van der Waals surface area contributed by atoms with Crippen LogP contribution in [-0.2, 0) is 4.79 Å². The van der Waals surface area contributed by atoms with Crippen LogP contribution >= 0.6 is 0 Å². The topological polar surface area (TPSA) is 190 Å². The Bertz CT molecular complexity index is 1200. The third-order valence-corrected chi connectivity index (χ3v) is 3.74. The number of hydrogen-bond donors (Lipinski definition) is 5. The van der Waals surface area contributed by atoms with E-state index < -0.39 is 58.5 Å². The molecule has 3 rings (SSSR count). The number of nitrogens with one attached hydrogen (secondary N) is 1. The van der Waals surface area contributed by atoms with Crippen molar-refractivity contribution in [2.24, 2.45) is 0 Å². The van der Waals surface area contributed by atoms with Crippen LogP contribution in [0.5, 0.6) is 28.7 Å². The van der Waals surface area contributed by atoms with Gasteiger partial charge < -0.3 is 44.8 Å². The molecule has 0 aliphatic heterocycles. The van der Waals surface area contributed by atoms with Gasteiger partial charge in [0.25, 0.3) is 0 Å². The highest BCUT2D eigenvalue weighted by molar-refractivity contribution is 5.88. The zero-order valence-corrected chi connectivity index (χ0v) is 14.3. The number of aliphatic carboxylic acids is 1. The van der Waals surface area contributed by atoms with Crippen LogP contribution in [0.2, 0.25) is 0 Å². The number of ether oxygens (including phenoxy) is 1. The Morgan fingerprint density at radius 2 is 1.79 bits per heavy atom.